The number of fused-ring (bicyclic) bond motifs is 3. The summed E-state index contributed by atoms with van der Waals surface area (Å²) in [5.41, 5.74) is 1.93. The van der Waals surface area contributed by atoms with Gasteiger partial charge in [0.2, 0.25) is 5.91 Å². The van der Waals surface area contributed by atoms with Gasteiger partial charge < -0.3 is 5.32 Å². The molecule has 0 unspecified atom stereocenters. The monoisotopic (exact) mass is 451 g/mol. The quantitative estimate of drug-likeness (QED) is 0.291. The Bertz CT molecular complexity index is 1250. The molecule has 0 aliphatic rings. The first-order valence-corrected chi connectivity index (χ1v) is 12.3. The van der Waals surface area contributed by atoms with Crippen molar-refractivity contribution in [1.29, 1.82) is 0 Å². The Morgan fingerprint density at radius 2 is 1.90 bits per heavy atom. The van der Waals surface area contributed by atoms with Crippen LogP contribution in [0.25, 0.3) is 20.3 Å². The summed E-state index contributed by atoms with van der Waals surface area (Å²) in [5, 5.41) is 4.58. The van der Waals surface area contributed by atoms with E-state index in [0.717, 1.165) is 34.9 Å². The van der Waals surface area contributed by atoms with Crippen molar-refractivity contribution in [3.8, 4) is 0 Å². The van der Waals surface area contributed by atoms with Crippen molar-refractivity contribution < 1.29 is 4.79 Å². The van der Waals surface area contributed by atoms with Crippen LogP contribution in [0.3, 0.4) is 0 Å². The van der Waals surface area contributed by atoms with Gasteiger partial charge in [0.1, 0.15) is 4.70 Å². The van der Waals surface area contributed by atoms with Crippen LogP contribution in [0.2, 0.25) is 0 Å². The van der Waals surface area contributed by atoms with Crippen LogP contribution in [0.1, 0.15) is 25.3 Å². The largest absolute Gasteiger partial charge is 0.355 e. The van der Waals surface area contributed by atoms with E-state index < -0.39 is 0 Å². The van der Waals surface area contributed by atoms with E-state index in [4.69, 9.17) is 4.98 Å². The molecule has 0 spiro atoms. The summed E-state index contributed by atoms with van der Waals surface area (Å²) in [7, 11) is 0. The molecule has 0 saturated heterocycles. The Morgan fingerprint density at radius 1 is 1.13 bits per heavy atom. The number of nitrogens with one attached hydrogen (secondary N) is 1. The number of amides is 1. The standard InChI is InChI=1S/C24H25N3O2S2/c1-2-3-15-27-23(29)22-21(18-11-7-8-12-19(18)31-22)26-24(27)30-16-20(28)25-14-13-17-9-5-4-6-10-17/h4-12H,2-3,13-16H2,1H3,(H,25,28). The molecule has 0 bridgehead atoms. The summed E-state index contributed by atoms with van der Waals surface area (Å²) >= 11 is 2.83. The van der Waals surface area contributed by atoms with Gasteiger partial charge in [0.25, 0.3) is 5.56 Å². The highest BCUT2D eigenvalue weighted by Crippen LogP contribution is 2.31. The SMILES string of the molecule is CCCCn1c(SCC(=O)NCCc2ccccc2)nc2c(sc3ccccc32)c1=O. The fraction of sp³-hybridized carbons (Fsp3) is 0.292. The molecule has 0 radical (unpaired) electrons. The molecule has 5 nitrogen and oxygen atoms in total. The molecule has 4 aromatic rings. The van der Waals surface area contributed by atoms with Crippen molar-refractivity contribution in [3.63, 3.8) is 0 Å². The fourth-order valence-electron chi connectivity index (χ4n) is 3.45. The first kappa shape index (κ1) is 21.6. The highest BCUT2D eigenvalue weighted by atomic mass is 32.2. The molecule has 0 saturated carbocycles. The Hall–Kier alpha value is -2.64. The van der Waals surface area contributed by atoms with Gasteiger partial charge in [-0.2, -0.15) is 0 Å². The predicted molar refractivity (Wildman–Crippen MR) is 130 cm³/mol. The lowest BCUT2D eigenvalue weighted by atomic mass is 10.1. The molecule has 0 fully saturated rings. The number of benzene rings is 2. The number of carbonyl (C=O) groups excluding carboxylic acids is 1. The lowest BCUT2D eigenvalue weighted by molar-refractivity contribution is -0.118. The molecule has 7 heteroatoms. The minimum Gasteiger partial charge on any atom is -0.355 e. The van der Waals surface area contributed by atoms with Crippen molar-refractivity contribution >= 4 is 49.3 Å². The summed E-state index contributed by atoms with van der Waals surface area (Å²) in [6.45, 7) is 3.31. The molecule has 0 atom stereocenters. The van der Waals surface area contributed by atoms with Crippen molar-refractivity contribution in [2.75, 3.05) is 12.3 Å². The lowest BCUT2D eigenvalue weighted by Crippen LogP contribution is -2.28. The van der Waals surface area contributed by atoms with Gasteiger partial charge in [-0.1, -0.05) is 73.6 Å². The molecular weight excluding hydrogens is 426 g/mol. The van der Waals surface area contributed by atoms with Crippen molar-refractivity contribution in [2.45, 2.75) is 37.9 Å². The fourth-order valence-corrected chi connectivity index (χ4v) is 5.39. The van der Waals surface area contributed by atoms with E-state index in [1.54, 1.807) is 4.57 Å². The zero-order valence-electron chi connectivity index (χ0n) is 17.5. The summed E-state index contributed by atoms with van der Waals surface area (Å²) < 4.78 is 3.49. The zero-order valence-corrected chi connectivity index (χ0v) is 19.1. The average molecular weight is 452 g/mol. The topological polar surface area (TPSA) is 64.0 Å². The van der Waals surface area contributed by atoms with Gasteiger partial charge in [-0.25, -0.2) is 4.98 Å². The zero-order chi connectivity index (χ0) is 21.6. The summed E-state index contributed by atoms with van der Waals surface area (Å²) in [4.78, 5) is 30.4. The van der Waals surface area contributed by atoms with Crippen LogP contribution < -0.4 is 10.9 Å². The second-order valence-electron chi connectivity index (χ2n) is 7.35. The third-order valence-electron chi connectivity index (χ3n) is 5.09. The molecule has 0 aliphatic heterocycles. The number of unbranched alkanes of at least 4 members (excludes halogenated alkanes) is 1. The maximum atomic E-state index is 13.2. The summed E-state index contributed by atoms with van der Waals surface area (Å²) in [6.07, 6.45) is 2.68. The van der Waals surface area contributed by atoms with Crippen LogP contribution in [0.4, 0.5) is 0 Å². The number of carbonyl (C=O) groups is 1. The Kier molecular flexibility index (Phi) is 7.04. The number of thiophene rings is 1. The maximum Gasteiger partial charge on any atom is 0.272 e. The Labute approximate surface area is 189 Å². The van der Waals surface area contributed by atoms with Crippen molar-refractivity contribution in [2.24, 2.45) is 0 Å². The molecule has 1 amide bonds. The molecule has 2 heterocycles. The van der Waals surface area contributed by atoms with Crippen LogP contribution in [0, 0.1) is 0 Å². The highest BCUT2D eigenvalue weighted by Gasteiger charge is 2.17. The molecule has 4 rings (SSSR count). The number of aromatic nitrogens is 2. The molecule has 0 aliphatic carbocycles. The first-order chi connectivity index (χ1) is 15.2. The van der Waals surface area contributed by atoms with E-state index >= 15 is 0 Å². The van der Waals surface area contributed by atoms with Gasteiger partial charge in [-0.15, -0.1) is 11.3 Å². The second kappa shape index (κ2) is 10.1. The Morgan fingerprint density at radius 3 is 2.71 bits per heavy atom. The molecule has 2 aromatic carbocycles. The van der Waals surface area contributed by atoms with Crippen LogP contribution in [-0.4, -0.2) is 27.8 Å². The number of hydrogen-bond acceptors (Lipinski definition) is 5. The number of nitrogens with zero attached hydrogens (tertiary/aromatic N) is 2. The van der Waals surface area contributed by atoms with E-state index in [-0.39, 0.29) is 17.2 Å². The van der Waals surface area contributed by atoms with Gasteiger partial charge in [-0.3, -0.25) is 14.2 Å². The van der Waals surface area contributed by atoms with E-state index in [1.165, 1.54) is 28.7 Å². The Balaban J connectivity index is 1.51. The van der Waals surface area contributed by atoms with E-state index in [9.17, 15) is 9.59 Å². The predicted octanol–water partition coefficient (Wildman–Crippen LogP) is 4.86. The van der Waals surface area contributed by atoms with Crippen LogP contribution in [0.5, 0.6) is 0 Å². The van der Waals surface area contributed by atoms with Crippen LogP contribution in [0.15, 0.2) is 64.5 Å². The smallest absolute Gasteiger partial charge is 0.272 e. The van der Waals surface area contributed by atoms with E-state index in [0.29, 0.717) is 22.9 Å². The van der Waals surface area contributed by atoms with E-state index in [1.807, 2.05) is 42.5 Å². The van der Waals surface area contributed by atoms with Gasteiger partial charge >= 0.3 is 0 Å². The lowest BCUT2D eigenvalue weighted by Gasteiger charge is -2.11. The van der Waals surface area contributed by atoms with Crippen molar-refractivity contribution in [3.05, 3.63) is 70.5 Å². The van der Waals surface area contributed by atoms with Crippen LogP contribution in [-0.2, 0) is 17.8 Å². The minimum absolute atomic E-state index is 0.00774. The third-order valence-corrected chi connectivity index (χ3v) is 7.22. The van der Waals surface area contributed by atoms with Gasteiger partial charge in [0.15, 0.2) is 5.16 Å². The first-order valence-electron chi connectivity index (χ1n) is 10.5. The van der Waals surface area contributed by atoms with Crippen molar-refractivity contribution in [1.82, 2.24) is 14.9 Å². The van der Waals surface area contributed by atoms with Gasteiger partial charge in [0.05, 0.1) is 11.3 Å². The normalized spacial score (nSPS) is 11.3. The molecule has 31 heavy (non-hydrogen) atoms. The average Bonchev–Trinajstić information content (AvgIpc) is 3.17. The number of hydrogen-bond donors (Lipinski definition) is 1. The maximum absolute atomic E-state index is 13.2. The molecular formula is C24H25N3O2S2. The number of thioether (sulfide) groups is 1. The van der Waals surface area contributed by atoms with Gasteiger partial charge in [-0.05, 0) is 24.5 Å². The summed E-state index contributed by atoms with van der Waals surface area (Å²) in [5.74, 6) is 0.188. The van der Waals surface area contributed by atoms with Gasteiger partial charge in [0, 0.05) is 23.2 Å². The molecule has 1 N–H and O–H groups in total. The second-order valence-corrected chi connectivity index (χ2v) is 9.35. The highest BCUT2D eigenvalue weighted by molar-refractivity contribution is 7.99. The summed E-state index contributed by atoms with van der Waals surface area (Å²) in [6, 6.07) is 18.0. The minimum atomic E-state index is -0.0486. The molecule has 160 valence electrons. The van der Waals surface area contributed by atoms with Crippen LogP contribution >= 0.6 is 23.1 Å². The third kappa shape index (κ3) is 4.99. The number of rotatable bonds is 9. The van der Waals surface area contributed by atoms with E-state index in [2.05, 4.69) is 24.4 Å². The molecule has 2 aromatic heterocycles.